The molecule has 2 saturated heterocycles. The fourth-order valence-electron chi connectivity index (χ4n) is 4.60. The molecule has 2 bridgehead atoms. The molecule has 0 aliphatic carbocycles. The minimum Gasteiger partial charge on any atom is -0.396 e. The van der Waals surface area contributed by atoms with Gasteiger partial charge in [-0.15, -0.1) is 0 Å². The Labute approximate surface area is 143 Å². The average Bonchev–Trinajstić information content (AvgIpc) is 3.13. The molecular weight excluding hydrogens is 307 g/mol. The molecule has 2 heterocycles. The number of carbonyl (C=O) groups is 1. The van der Waals surface area contributed by atoms with Crippen molar-refractivity contribution in [2.45, 2.75) is 51.2 Å². The predicted molar refractivity (Wildman–Crippen MR) is 90.8 cm³/mol. The molecule has 4 nitrogen and oxygen atoms in total. The van der Waals surface area contributed by atoms with Crippen molar-refractivity contribution in [1.29, 1.82) is 0 Å². The summed E-state index contributed by atoms with van der Waals surface area (Å²) in [5, 5.41) is 9.86. The van der Waals surface area contributed by atoms with E-state index < -0.39 is 0 Å². The Morgan fingerprint density at radius 2 is 2.08 bits per heavy atom. The van der Waals surface area contributed by atoms with E-state index in [2.05, 4.69) is 6.92 Å². The van der Waals surface area contributed by atoms with Crippen LogP contribution < -0.4 is 0 Å². The number of nitrogens with zero attached hydrogens (tertiary/aromatic N) is 2. The highest BCUT2D eigenvalue weighted by molar-refractivity contribution is 5.80. The number of benzene rings is 1. The van der Waals surface area contributed by atoms with Crippen molar-refractivity contribution in [3.8, 4) is 0 Å². The van der Waals surface area contributed by atoms with Crippen LogP contribution in [0.3, 0.4) is 0 Å². The van der Waals surface area contributed by atoms with Gasteiger partial charge in [-0.3, -0.25) is 9.69 Å². The summed E-state index contributed by atoms with van der Waals surface area (Å²) >= 11 is 0. The number of likely N-dealkylation sites (N-methyl/N-ethyl adjacent to an activating group) is 1. The summed E-state index contributed by atoms with van der Waals surface area (Å²) < 4.78 is 13.0. The molecule has 0 spiro atoms. The zero-order valence-electron chi connectivity index (χ0n) is 14.5. The molecule has 2 aliphatic heterocycles. The van der Waals surface area contributed by atoms with Crippen LogP contribution in [0, 0.1) is 11.2 Å². The first-order valence-electron chi connectivity index (χ1n) is 8.84. The van der Waals surface area contributed by atoms with Gasteiger partial charge >= 0.3 is 0 Å². The molecule has 0 aromatic heterocycles. The van der Waals surface area contributed by atoms with E-state index in [-0.39, 0.29) is 35.8 Å². The molecule has 0 saturated carbocycles. The van der Waals surface area contributed by atoms with E-state index in [0.29, 0.717) is 13.1 Å². The maximum absolute atomic E-state index is 13.0. The minimum atomic E-state index is -0.244. The van der Waals surface area contributed by atoms with E-state index in [1.54, 1.807) is 12.1 Å². The Bertz CT molecular complexity index is 586. The molecule has 2 aliphatic rings. The zero-order chi connectivity index (χ0) is 17.3. The van der Waals surface area contributed by atoms with Gasteiger partial charge in [0.05, 0.1) is 13.2 Å². The fraction of sp³-hybridized carbons (Fsp3) is 0.632. The van der Waals surface area contributed by atoms with E-state index >= 15 is 0 Å². The van der Waals surface area contributed by atoms with Gasteiger partial charge in [0.15, 0.2) is 0 Å². The van der Waals surface area contributed by atoms with E-state index in [0.717, 1.165) is 31.2 Å². The summed E-state index contributed by atoms with van der Waals surface area (Å²) in [5.74, 6) is -0.0954. The summed E-state index contributed by atoms with van der Waals surface area (Å²) in [7, 11) is 1.92. The summed E-state index contributed by atoms with van der Waals surface area (Å²) in [5.41, 5.74) is 0.892. The molecule has 0 unspecified atom stereocenters. The first-order valence-corrected chi connectivity index (χ1v) is 8.84. The molecule has 1 N–H and O–H groups in total. The highest BCUT2D eigenvalue weighted by atomic mass is 19.1. The van der Waals surface area contributed by atoms with E-state index in [1.807, 2.05) is 16.8 Å². The molecule has 1 aromatic carbocycles. The first-order chi connectivity index (χ1) is 11.5. The Kier molecular flexibility index (Phi) is 4.92. The van der Waals surface area contributed by atoms with Crippen molar-refractivity contribution in [2.24, 2.45) is 5.41 Å². The highest BCUT2D eigenvalue weighted by Gasteiger charge is 2.56. The minimum absolute atomic E-state index is 0.103. The number of amides is 1. The standard InChI is InChI=1S/C19H27FN2O2/c1-3-19(13-23)10-16-8-9-17(19)22(16)18(24)12-21(2)11-14-4-6-15(20)7-5-14/h4-7,16-17,23H,3,8-13H2,1-2H3/t16-,17+,19-/m0/s1. The lowest BCUT2D eigenvalue weighted by Crippen LogP contribution is -2.45. The molecule has 24 heavy (non-hydrogen) atoms. The van der Waals surface area contributed by atoms with Crippen LogP contribution in [0.4, 0.5) is 4.39 Å². The van der Waals surface area contributed by atoms with Crippen molar-refractivity contribution in [1.82, 2.24) is 9.80 Å². The zero-order valence-corrected chi connectivity index (χ0v) is 14.5. The van der Waals surface area contributed by atoms with Crippen LogP contribution in [-0.4, -0.2) is 53.1 Å². The first kappa shape index (κ1) is 17.4. The molecule has 3 rings (SSSR count). The second-order valence-corrected chi connectivity index (χ2v) is 7.42. The maximum Gasteiger partial charge on any atom is 0.237 e. The molecular formula is C19H27FN2O2. The topological polar surface area (TPSA) is 43.8 Å². The monoisotopic (exact) mass is 334 g/mol. The van der Waals surface area contributed by atoms with Crippen molar-refractivity contribution in [3.05, 3.63) is 35.6 Å². The predicted octanol–water partition coefficient (Wildman–Crippen LogP) is 2.41. The number of rotatable bonds is 6. The normalized spacial score (nSPS) is 28.8. The lowest BCUT2D eigenvalue weighted by molar-refractivity contribution is -0.134. The summed E-state index contributed by atoms with van der Waals surface area (Å²) in [6, 6.07) is 6.87. The maximum atomic E-state index is 13.0. The number of halogens is 1. The summed E-state index contributed by atoms with van der Waals surface area (Å²) in [6.07, 6.45) is 3.91. The third-order valence-electron chi connectivity index (χ3n) is 5.93. The van der Waals surface area contributed by atoms with E-state index in [1.165, 1.54) is 12.1 Å². The molecule has 1 amide bonds. The van der Waals surface area contributed by atoms with Crippen LogP contribution in [0.5, 0.6) is 0 Å². The van der Waals surface area contributed by atoms with Crippen LogP contribution in [0.15, 0.2) is 24.3 Å². The van der Waals surface area contributed by atoms with Crippen LogP contribution in [0.1, 0.15) is 38.2 Å². The smallest absolute Gasteiger partial charge is 0.237 e. The van der Waals surface area contributed by atoms with E-state index in [9.17, 15) is 14.3 Å². The lowest BCUT2D eigenvalue weighted by atomic mass is 9.72. The van der Waals surface area contributed by atoms with Crippen molar-refractivity contribution in [2.75, 3.05) is 20.2 Å². The van der Waals surface area contributed by atoms with Gasteiger partial charge in [0.2, 0.25) is 5.91 Å². The largest absolute Gasteiger partial charge is 0.396 e. The number of aliphatic hydroxyl groups is 1. The van der Waals surface area contributed by atoms with Crippen LogP contribution in [-0.2, 0) is 11.3 Å². The number of fused-ring (bicyclic) bond motifs is 2. The van der Waals surface area contributed by atoms with Gasteiger partial charge in [-0.2, -0.15) is 0 Å². The van der Waals surface area contributed by atoms with Crippen LogP contribution >= 0.6 is 0 Å². The van der Waals surface area contributed by atoms with Crippen LogP contribution in [0.2, 0.25) is 0 Å². The third-order valence-corrected chi connectivity index (χ3v) is 5.93. The number of hydrogen-bond donors (Lipinski definition) is 1. The summed E-state index contributed by atoms with van der Waals surface area (Å²) in [6.45, 7) is 3.25. The second-order valence-electron chi connectivity index (χ2n) is 7.42. The molecule has 2 fully saturated rings. The fourth-order valence-corrected chi connectivity index (χ4v) is 4.60. The van der Waals surface area contributed by atoms with Gasteiger partial charge in [-0.1, -0.05) is 19.1 Å². The number of carbonyl (C=O) groups excluding carboxylic acids is 1. The van der Waals surface area contributed by atoms with Gasteiger partial charge in [0.1, 0.15) is 5.82 Å². The Morgan fingerprint density at radius 1 is 1.38 bits per heavy atom. The average molecular weight is 334 g/mol. The Hall–Kier alpha value is -1.46. The molecule has 3 atom stereocenters. The number of aliphatic hydroxyl groups excluding tert-OH is 1. The third kappa shape index (κ3) is 3.07. The molecule has 5 heteroatoms. The van der Waals surface area contributed by atoms with Gasteiger partial charge in [-0.05, 0) is 50.4 Å². The molecule has 1 aromatic rings. The van der Waals surface area contributed by atoms with Crippen molar-refractivity contribution in [3.63, 3.8) is 0 Å². The molecule has 132 valence electrons. The van der Waals surface area contributed by atoms with Crippen molar-refractivity contribution >= 4 is 5.91 Å². The highest BCUT2D eigenvalue weighted by Crippen LogP contribution is 2.51. The lowest BCUT2D eigenvalue weighted by Gasteiger charge is -2.35. The number of hydrogen-bond acceptors (Lipinski definition) is 3. The van der Waals surface area contributed by atoms with Gasteiger partial charge in [-0.25, -0.2) is 4.39 Å². The van der Waals surface area contributed by atoms with E-state index in [4.69, 9.17) is 0 Å². The Morgan fingerprint density at radius 3 is 2.67 bits per heavy atom. The summed E-state index contributed by atoms with van der Waals surface area (Å²) in [4.78, 5) is 16.8. The second kappa shape index (κ2) is 6.81. The Balaban J connectivity index is 1.62. The van der Waals surface area contributed by atoms with Gasteiger partial charge in [0.25, 0.3) is 0 Å². The molecule has 0 radical (unpaired) electrons. The quantitative estimate of drug-likeness (QED) is 0.869. The van der Waals surface area contributed by atoms with Gasteiger partial charge in [0, 0.05) is 24.0 Å². The van der Waals surface area contributed by atoms with Gasteiger partial charge < -0.3 is 10.0 Å². The van der Waals surface area contributed by atoms with Crippen LogP contribution in [0.25, 0.3) is 0 Å². The SMILES string of the molecule is CC[C@@]1(CO)C[C@@H]2CC[C@H]1N2C(=O)CN(C)Cc1ccc(F)cc1. The van der Waals surface area contributed by atoms with Crippen molar-refractivity contribution < 1.29 is 14.3 Å².